The highest BCUT2D eigenvalue weighted by molar-refractivity contribution is 14.0. The molecule has 0 spiro atoms. The SMILES string of the molecule is CCNC(=NCc1cc2ccccc2[nH]1)NCc1cccs1.I. The summed E-state index contributed by atoms with van der Waals surface area (Å²) in [5.74, 6) is 0.842. The number of hydrogen-bond donors (Lipinski definition) is 3. The Labute approximate surface area is 157 Å². The summed E-state index contributed by atoms with van der Waals surface area (Å²) in [7, 11) is 0. The third-order valence-corrected chi connectivity index (χ3v) is 4.22. The van der Waals surface area contributed by atoms with Gasteiger partial charge in [-0.15, -0.1) is 35.3 Å². The molecular weight excluding hydrogens is 419 g/mol. The van der Waals surface area contributed by atoms with E-state index in [0.717, 1.165) is 30.3 Å². The Balaban J connectivity index is 0.00000192. The quantitative estimate of drug-likeness (QED) is 0.318. The van der Waals surface area contributed by atoms with Gasteiger partial charge in [0, 0.05) is 22.6 Å². The van der Waals surface area contributed by atoms with Crippen LogP contribution in [0.3, 0.4) is 0 Å². The number of aromatic nitrogens is 1. The lowest BCUT2D eigenvalue weighted by Crippen LogP contribution is -2.36. The fourth-order valence-corrected chi connectivity index (χ4v) is 2.95. The second-order valence-electron chi connectivity index (χ2n) is 5.01. The molecule has 3 aromatic rings. The van der Waals surface area contributed by atoms with E-state index in [9.17, 15) is 0 Å². The van der Waals surface area contributed by atoms with Crippen molar-refractivity contribution < 1.29 is 0 Å². The molecule has 0 aliphatic carbocycles. The van der Waals surface area contributed by atoms with Crippen LogP contribution in [0.15, 0.2) is 52.8 Å². The Morgan fingerprint density at radius 1 is 1.17 bits per heavy atom. The first-order valence-electron chi connectivity index (χ1n) is 7.46. The van der Waals surface area contributed by atoms with Crippen molar-refractivity contribution in [2.75, 3.05) is 6.54 Å². The van der Waals surface area contributed by atoms with Crippen molar-refractivity contribution in [3.8, 4) is 0 Å². The van der Waals surface area contributed by atoms with Crippen molar-refractivity contribution in [3.05, 3.63) is 58.4 Å². The lowest BCUT2D eigenvalue weighted by Gasteiger charge is -2.10. The molecule has 0 bridgehead atoms. The van der Waals surface area contributed by atoms with Crippen molar-refractivity contribution in [2.24, 2.45) is 4.99 Å². The van der Waals surface area contributed by atoms with Crippen LogP contribution >= 0.6 is 35.3 Å². The zero-order chi connectivity index (χ0) is 15.2. The first-order chi connectivity index (χ1) is 10.8. The normalized spacial score (nSPS) is 11.3. The number of benzene rings is 1. The van der Waals surface area contributed by atoms with E-state index in [1.165, 1.54) is 10.3 Å². The van der Waals surface area contributed by atoms with E-state index in [-0.39, 0.29) is 24.0 Å². The third kappa shape index (κ3) is 4.97. The number of H-pyrrole nitrogens is 1. The van der Waals surface area contributed by atoms with E-state index < -0.39 is 0 Å². The van der Waals surface area contributed by atoms with Crippen molar-refractivity contribution in [2.45, 2.75) is 20.0 Å². The van der Waals surface area contributed by atoms with Crippen molar-refractivity contribution in [3.63, 3.8) is 0 Å². The molecule has 1 aromatic carbocycles. The molecule has 0 amide bonds. The lowest BCUT2D eigenvalue weighted by atomic mass is 10.2. The lowest BCUT2D eigenvalue weighted by molar-refractivity contribution is 0.820. The third-order valence-electron chi connectivity index (χ3n) is 3.35. The summed E-state index contributed by atoms with van der Waals surface area (Å²) in [5, 5.41) is 9.96. The number of para-hydroxylation sites is 1. The number of guanidine groups is 1. The maximum absolute atomic E-state index is 4.65. The van der Waals surface area contributed by atoms with E-state index in [4.69, 9.17) is 0 Å². The molecule has 0 radical (unpaired) electrons. The van der Waals surface area contributed by atoms with Gasteiger partial charge >= 0.3 is 0 Å². The van der Waals surface area contributed by atoms with Crippen LogP contribution in [0, 0.1) is 0 Å². The number of thiophene rings is 1. The smallest absolute Gasteiger partial charge is 0.191 e. The topological polar surface area (TPSA) is 52.2 Å². The first-order valence-corrected chi connectivity index (χ1v) is 8.34. The second kappa shape index (κ2) is 8.93. The molecule has 6 heteroatoms. The minimum absolute atomic E-state index is 0. The number of hydrogen-bond acceptors (Lipinski definition) is 2. The van der Waals surface area contributed by atoms with Crippen LogP contribution in [0.25, 0.3) is 10.9 Å². The fraction of sp³-hybridized carbons (Fsp3) is 0.235. The monoisotopic (exact) mass is 440 g/mol. The average molecular weight is 440 g/mol. The highest BCUT2D eigenvalue weighted by atomic mass is 127. The van der Waals surface area contributed by atoms with Gasteiger partial charge in [-0.2, -0.15) is 0 Å². The van der Waals surface area contributed by atoms with Gasteiger partial charge in [-0.25, -0.2) is 4.99 Å². The molecule has 4 nitrogen and oxygen atoms in total. The van der Waals surface area contributed by atoms with Gasteiger partial charge in [-0.05, 0) is 35.9 Å². The number of halogens is 1. The number of rotatable bonds is 5. The molecule has 0 aliphatic heterocycles. The Morgan fingerprint density at radius 2 is 2.04 bits per heavy atom. The van der Waals surface area contributed by atoms with Crippen LogP contribution in [-0.2, 0) is 13.1 Å². The number of aliphatic imine (C=N–C) groups is 1. The standard InChI is InChI=1S/C17H20N4S.HI/c1-2-18-17(20-12-15-7-5-9-22-15)19-11-14-10-13-6-3-4-8-16(13)21-14;/h3-10,21H,2,11-12H2,1H3,(H2,18,19,20);1H. The maximum Gasteiger partial charge on any atom is 0.191 e. The van der Waals surface area contributed by atoms with E-state index in [1.807, 2.05) is 6.07 Å². The van der Waals surface area contributed by atoms with E-state index in [1.54, 1.807) is 11.3 Å². The van der Waals surface area contributed by atoms with Crippen molar-refractivity contribution in [1.29, 1.82) is 0 Å². The van der Waals surface area contributed by atoms with E-state index in [2.05, 4.69) is 69.3 Å². The molecule has 0 unspecified atom stereocenters. The van der Waals surface area contributed by atoms with Crippen molar-refractivity contribution in [1.82, 2.24) is 15.6 Å². The molecule has 3 N–H and O–H groups in total. The van der Waals surface area contributed by atoms with Gasteiger partial charge < -0.3 is 15.6 Å². The molecule has 0 fully saturated rings. The Bertz CT molecular complexity index is 716. The number of aromatic amines is 1. The molecule has 0 aliphatic rings. The molecule has 0 saturated carbocycles. The van der Waals surface area contributed by atoms with E-state index >= 15 is 0 Å². The van der Waals surface area contributed by atoms with E-state index in [0.29, 0.717) is 6.54 Å². The van der Waals surface area contributed by atoms with Gasteiger partial charge in [-0.3, -0.25) is 0 Å². The maximum atomic E-state index is 4.65. The summed E-state index contributed by atoms with van der Waals surface area (Å²) in [4.78, 5) is 9.35. The summed E-state index contributed by atoms with van der Waals surface area (Å²) in [6.45, 7) is 4.36. The molecular formula is C17H21IN4S. The molecule has 122 valence electrons. The minimum atomic E-state index is 0. The molecule has 2 heterocycles. The molecule has 23 heavy (non-hydrogen) atoms. The van der Waals surface area contributed by atoms with Crippen LogP contribution in [0.2, 0.25) is 0 Å². The zero-order valence-electron chi connectivity index (χ0n) is 13.0. The molecule has 0 saturated heterocycles. The summed E-state index contributed by atoms with van der Waals surface area (Å²) < 4.78 is 0. The highest BCUT2D eigenvalue weighted by Crippen LogP contribution is 2.15. The summed E-state index contributed by atoms with van der Waals surface area (Å²) >= 11 is 1.75. The van der Waals surface area contributed by atoms with Crippen LogP contribution in [0.1, 0.15) is 17.5 Å². The van der Waals surface area contributed by atoms with Crippen LogP contribution in [-0.4, -0.2) is 17.5 Å². The molecule has 0 atom stereocenters. The number of fused-ring (bicyclic) bond motifs is 1. The second-order valence-corrected chi connectivity index (χ2v) is 6.04. The highest BCUT2D eigenvalue weighted by Gasteiger charge is 2.01. The first kappa shape index (κ1) is 17.8. The molecule has 3 rings (SSSR count). The average Bonchev–Trinajstić information content (AvgIpc) is 3.18. The van der Waals surface area contributed by atoms with Gasteiger partial charge in [0.2, 0.25) is 0 Å². The van der Waals surface area contributed by atoms with Crippen LogP contribution in [0.5, 0.6) is 0 Å². The van der Waals surface area contributed by atoms with Gasteiger partial charge in [0.25, 0.3) is 0 Å². The van der Waals surface area contributed by atoms with Gasteiger partial charge in [0.15, 0.2) is 5.96 Å². The van der Waals surface area contributed by atoms with Gasteiger partial charge in [0.05, 0.1) is 13.1 Å². The Morgan fingerprint density at radius 3 is 2.78 bits per heavy atom. The predicted molar refractivity (Wildman–Crippen MR) is 110 cm³/mol. The number of nitrogens with one attached hydrogen (secondary N) is 3. The predicted octanol–water partition coefficient (Wildman–Crippen LogP) is 4.10. The molecule has 2 aromatic heterocycles. The summed E-state index contributed by atoms with van der Waals surface area (Å²) in [6, 6.07) is 14.6. The number of nitrogens with zero attached hydrogens (tertiary/aromatic N) is 1. The summed E-state index contributed by atoms with van der Waals surface area (Å²) in [6.07, 6.45) is 0. The largest absolute Gasteiger partial charge is 0.357 e. The summed E-state index contributed by atoms with van der Waals surface area (Å²) in [5.41, 5.74) is 2.28. The fourth-order valence-electron chi connectivity index (χ4n) is 2.31. The Kier molecular flexibility index (Phi) is 6.91. The van der Waals surface area contributed by atoms with Gasteiger partial charge in [0.1, 0.15) is 0 Å². The van der Waals surface area contributed by atoms with Crippen molar-refractivity contribution >= 4 is 52.2 Å². The van der Waals surface area contributed by atoms with Crippen LogP contribution in [0.4, 0.5) is 0 Å². The zero-order valence-corrected chi connectivity index (χ0v) is 16.2. The minimum Gasteiger partial charge on any atom is -0.357 e. The Hall–Kier alpha value is -1.54. The van der Waals surface area contributed by atoms with Crippen LogP contribution < -0.4 is 10.6 Å². The van der Waals surface area contributed by atoms with Gasteiger partial charge in [-0.1, -0.05) is 24.3 Å².